The quantitative estimate of drug-likeness (QED) is 0.905. The topological polar surface area (TPSA) is 29.9 Å². The third-order valence-electron chi connectivity index (χ3n) is 2.75. The fourth-order valence-electron chi connectivity index (χ4n) is 1.76. The fourth-order valence-corrected chi connectivity index (χ4v) is 1.76. The zero-order chi connectivity index (χ0) is 11.4. The average molecular weight is 252 g/mol. The molecule has 17 heavy (non-hydrogen) atoms. The van der Waals surface area contributed by atoms with Crippen molar-refractivity contribution in [3.8, 4) is 0 Å². The number of halogens is 1. The lowest BCUT2D eigenvalue weighted by Gasteiger charge is -2.11. The first-order valence-corrected chi connectivity index (χ1v) is 5.54. The van der Waals surface area contributed by atoms with Gasteiger partial charge in [-0.3, -0.25) is 4.68 Å². The van der Waals surface area contributed by atoms with Gasteiger partial charge in [-0.15, -0.1) is 12.4 Å². The SMILES string of the molecule is CNc1cnn(CC(C)c2ccccc2)c1.Cl. The molecule has 0 radical (unpaired) electrons. The minimum Gasteiger partial charge on any atom is -0.386 e. The van der Waals surface area contributed by atoms with E-state index in [4.69, 9.17) is 0 Å². The van der Waals surface area contributed by atoms with Gasteiger partial charge in [-0.2, -0.15) is 5.10 Å². The van der Waals surface area contributed by atoms with E-state index in [-0.39, 0.29) is 12.4 Å². The van der Waals surface area contributed by atoms with Crippen LogP contribution in [0.25, 0.3) is 0 Å². The maximum Gasteiger partial charge on any atom is 0.0723 e. The maximum atomic E-state index is 4.31. The molecular formula is C13H18ClN3. The van der Waals surface area contributed by atoms with Crippen LogP contribution >= 0.6 is 12.4 Å². The van der Waals surface area contributed by atoms with Crippen LogP contribution in [-0.4, -0.2) is 16.8 Å². The van der Waals surface area contributed by atoms with Crippen LogP contribution in [0.3, 0.4) is 0 Å². The summed E-state index contributed by atoms with van der Waals surface area (Å²) in [7, 11) is 1.90. The summed E-state index contributed by atoms with van der Waals surface area (Å²) in [5.41, 5.74) is 2.41. The van der Waals surface area contributed by atoms with Crippen LogP contribution in [0.15, 0.2) is 42.7 Å². The van der Waals surface area contributed by atoms with E-state index in [9.17, 15) is 0 Å². The van der Waals surface area contributed by atoms with Crippen LogP contribution in [0.1, 0.15) is 18.4 Å². The third-order valence-corrected chi connectivity index (χ3v) is 2.75. The van der Waals surface area contributed by atoms with Gasteiger partial charge >= 0.3 is 0 Å². The van der Waals surface area contributed by atoms with Crippen molar-refractivity contribution in [1.29, 1.82) is 0 Å². The number of hydrogen-bond donors (Lipinski definition) is 1. The second-order valence-corrected chi connectivity index (χ2v) is 4.01. The summed E-state index contributed by atoms with van der Waals surface area (Å²) in [5.74, 6) is 0.478. The molecule has 0 aliphatic carbocycles. The van der Waals surface area contributed by atoms with E-state index >= 15 is 0 Å². The van der Waals surface area contributed by atoms with Crippen molar-refractivity contribution in [2.75, 3.05) is 12.4 Å². The highest BCUT2D eigenvalue weighted by atomic mass is 35.5. The lowest BCUT2D eigenvalue weighted by atomic mass is 10.0. The third kappa shape index (κ3) is 3.49. The zero-order valence-electron chi connectivity index (χ0n) is 10.1. The highest BCUT2D eigenvalue weighted by Gasteiger charge is 2.06. The number of rotatable bonds is 4. The van der Waals surface area contributed by atoms with Gasteiger partial charge in [0.15, 0.2) is 0 Å². The number of nitrogens with zero attached hydrogens (tertiary/aromatic N) is 2. The van der Waals surface area contributed by atoms with Crippen molar-refractivity contribution < 1.29 is 0 Å². The Morgan fingerprint density at radius 2 is 2.00 bits per heavy atom. The largest absolute Gasteiger partial charge is 0.386 e. The predicted octanol–water partition coefficient (Wildman–Crippen LogP) is 3.15. The van der Waals surface area contributed by atoms with Gasteiger partial charge in [-0.1, -0.05) is 37.3 Å². The van der Waals surface area contributed by atoms with E-state index in [1.807, 2.05) is 30.2 Å². The molecule has 1 heterocycles. The van der Waals surface area contributed by atoms with Crippen molar-refractivity contribution in [2.45, 2.75) is 19.4 Å². The van der Waals surface area contributed by atoms with E-state index in [2.05, 4.69) is 41.6 Å². The molecule has 0 spiro atoms. The Morgan fingerprint density at radius 1 is 1.29 bits per heavy atom. The molecule has 0 amide bonds. The highest BCUT2D eigenvalue weighted by molar-refractivity contribution is 5.85. The molecule has 0 saturated carbocycles. The van der Waals surface area contributed by atoms with Crippen molar-refractivity contribution in [3.05, 3.63) is 48.3 Å². The minimum atomic E-state index is 0. The average Bonchev–Trinajstić information content (AvgIpc) is 2.78. The Kier molecular flexibility index (Phi) is 5.04. The van der Waals surface area contributed by atoms with E-state index in [0.29, 0.717) is 5.92 Å². The summed E-state index contributed by atoms with van der Waals surface area (Å²) < 4.78 is 1.98. The van der Waals surface area contributed by atoms with Crippen molar-refractivity contribution in [1.82, 2.24) is 9.78 Å². The van der Waals surface area contributed by atoms with E-state index in [1.165, 1.54) is 5.56 Å². The molecule has 2 aromatic rings. The van der Waals surface area contributed by atoms with Gasteiger partial charge in [0.1, 0.15) is 0 Å². The number of benzene rings is 1. The van der Waals surface area contributed by atoms with Gasteiger partial charge in [0.05, 0.1) is 11.9 Å². The Bertz CT molecular complexity index is 439. The minimum absolute atomic E-state index is 0. The van der Waals surface area contributed by atoms with E-state index in [0.717, 1.165) is 12.2 Å². The fraction of sp³-hybridized carbons (Fsp3) is 0.308. The first-order chi connectivity index (χ1) is 7.79. The number of aromatic nitrogens is 2. The molecule has 0 aliphatic rings. The Morgan fingerprint density at radius 3 is 2.59 bits per heavy atom. The van der Waals surface area contributed by atoms with Gasteiger partial charge in [0, 0.05) is 25.7 Å². The number of anilines is 1. The molecule has 1 atom stereocenters. The Balaban J connectivity index is 0.00000144. The maximum absolute atomic E-state index is 4.31. The first kappa shape index (κ1) is 13.6. The highest BCUT2D eigenvalue weighted by Crippen LogP contribution is 2.17. The van der Waals surface area contributed by atoms with Gasteiger partial charge in [-0.05, 0) is 5.56 Å². The van der Waals surface area contributed by atoms with Crippen molar-refractivity contribution in [3.63, 3.8) is 0 Å². The van der Waals surface area contributed by atoms with Crippen LogP contribution in [0.2, 0.25) is 0 Å². The zero-order valence-corrected chi connectivity index (χ0v) is 10.9. The van der Waals surface area contributed by atoms with Gasteiger partial charge in [-0.25, -0.2) is 0 Å². The summed E-state index contributed by atoms with van der Waals surface area (Å²) in [6.45, 7) is 3.13. The van der Waals surface area contributed by atoms with Crippen molar-refractivity contribution in [2.24, 2.45) is 0 Å². The monoisotopic (exact) mass is 251 g/mol. The number of hydrogen-bond acceptors (Lipinski definition) is 2. The lowest BCUT2D eigenvalue weighted by molar-refractivity contribution is 0.543. The molecule has 1 N–H and O–H groups in total. The van der Waals surface area contributed by atoms with Crippen LogP contribution < -0.4 is 5.32 Å². The molecule has 1 aromatic carbocycles. The van der Waals surface area contributed by atoms with Gasteiger partial charge in [0.25, 0.3) is 0 Å². The van der Waals surface area contributed by atoms with Gasteiger partial charge in [0.2, 0.25) is 0 Å². The van der Waals surface area contributed by atoms with Crippen molar-refractivity contribution >= 4 is 18.1 Å². The molecule has 0 saturated heterocycles. The molecule has 92 valence electrons. The Hall–Kier alpha value is -1.48. The predicted molar refractivity (Wildman–Crippen MR) is 73.9 cm³/mol. The molecule has 2 rings (SSSR count). The first-order valence-electron chi connectivity index (χ1n) is 5.54. The second kappa shape index (κ2) is 6.30. The molecule has 4 heteroatoms. The molecule has 1 aromatic heterocycles. The molecular weight excluding hydrogens is 234 g/mol. The molecule has 1 unspecified atom stereocenters. The number of nitrogens with one attached hydrogen (secondary N) is 1. The standard InChI is InChI=1S/C13H17N3.ClH/c1-11(12-6-4-3-5-7-12)9-16-10-13(14-2)8-15-16;/h3-8,10-11,14H,9H2,1-2H3;1H. The molecule has 3 nitrogen and oxygen atoms in total. The van der Waals surface area contributed by atoms with Crippen LogP contribution in [0, 0.1) is 0 Å². The summed E-state index contributed by atoms with van der Waals surface area (Å²) >= 11 is 0. The van der Waals surface area contributed by atoms with Crippen LogP contribution in [0.5, 0.6) is 0 Å². The second-order valence-electron chi connectivity index (χ2n) is 4.01. The van der Waals surface area contributed by atoms with E-state index < -0.39 is 0 Å². The normalized spacial score (nSPS) is 11.6. The summed E-state index contributed by atoms with van der Waals surface area (Å²) in [6.07, 6.45) is 3.87. The van der Waals surface area contributed by atoms with E-state index in [1.54, 1.807) is 0 Å². The molecule has 0 aliphatic heterocycles. The smallest absolute Gasteiger partial charge is 0.0723 e. The summed E-state index contributed by atoms with van der Waals surface area (Å²) in [5, 5.41) is 7.38. The molecule has 0 fully saturated rings. The van der Waals surface area contributed by atoms with Crippen LogP contribution in [-0.2, 0) is 6.54 Å². The summed E-state index contributed by atoms with van der Waals surface area (Å²) in [6, 6.07) is 10.5. The molecule has 0 bridgehead atoms. The Labute approximate surface area is 108 Å². The van der Waals surface area contributed by atoms with Crippen LogP contribution in [0.4, 0.5) is 5.69 Å². The lowest BCUT2D eigenvalue weighted by Crippen LogP contribution is -2.06. The summed E-state index contributed by atoms with van der Waals surface area (Å²) in [4.78, 5) is 0. The van der Waals surface area contributed by atoms with Gasteiger partial charge < -0.3 is 5.32 Å².